The van der Waals surface area contributed by atoms with Crippen molar-refractivity contribution >= 4 is 17.4 Å². The molecule has 4 rings (SSSR count). The standard InChI is InChI=1S/C19H26N8/c1-13(2)16-10-18(27-19(24-16)22-12-23-27)26-7-5-15(6-8-26)25(4)17-9-14(3)20-11-21-17/h9-13,15H,5-8H2,1-4H3. The summed E-state index contributed by atoms with van der Waals surface area (Å²) in [4.78, 5) is 22.2. The van der Waals surface area contributed by atoms with E-state index in [0.29, 0.717) is 17.7 Å². The summed E-state index contributed by atoms with van der Waals surface area (Å²) in [6, 6.07) is 4.67. The highest BCUT2D eigenvalue weighted by Gasteiger charge is 2.25. The number of anilines is 2. The lowest BCUT2D eigenvalue weighted by Gasteiger charge is -2.38. The van der Waals surface area contributed by atoms with Crippen molar-refractivity contribution in [3.05, 3.63) is 36.2 Å². The number of hydrogen-bond donors (Lipinski definition) is 0. The molecule has 8 heteroatoms. The molecule has 4 heterocycles. The fourth-order valence-corrected chi connectivity index (χ4v) is 3.64. The lowest BCUT2D eigenvalue weighted by atomic mass is 10.0. The molecule has 1 fully saturated rings. The third-order valence-corrected chi connectivity index (χ3v) is 5.33. The molecule has 0 unspecified atom stereocenters. The van der Waals surface area contributed by atoms with Gasteiger partial charge in [-0.15, -0.1) is 0 Å². The third-order valence-electron chi connectivity index (χ3n) is 5.33. The first-order chi connectivity index (χ1) is 13.0. The minimum Gasteiger partial charge on any atom is -0.356 e. The summed E-state index contributed by atoms with van der Waals surface area (Å²) >= 11 is 0. The SMILES string of the molecule is Cc1cc(N(C)C2CCN(c3cc(C(C)C)nc4ncnn34)CC2)ncn1. The van der Waals surface area contributed by atoms with Crippen LogP contribution in [0.4, 0.5) is 11.6 Å². The number of rotatable bonds is 4. The molecule has 0 amide bonds. The van der Waals surface area contributed by atoms with Crippen molar-refractivity contribution in [2.45, 2.75) is 45.6 Å². The number of aromatic nitrogens is 6. The Bertz CT molecular complexity index is 926. The van der Waals surface area contributed by atoms with Gasteiger partial charge in [0, 0.05) is 44.0 Å². The number of nitrogens with zero attached hydrogens (tertiary/aromatic N) is 8. The van der Waals surface area contributed by atoms with Crippen molar-refractivity contribution in [1.82, 2.24) is 29.5 Å². The molecule has 0 atom stereocenters. The van der Waals surface area contributed by atoms with Gasteiger partial charge in [0.2, 0.25) is 0 Å². The van der Waals surface area contributed by atoms with Crippen molar-refractivity contribution in [3.63, 3.8) is 0 Å². The summed E-state index contributed by atoms with van der Waals surface area (Å²) in [6.45, 7) is 8.25. The fraction of sp³-hybridized carbons (Fsp3) is 0.526. The van der Waals surface area contributed by atoms with E-state index >= 15 is 0 Å². The third kappa shape index (κ3) is 3.43. The number of piperidine rings is 1. The first-order valence-electron chi connectivity index (χ1n) is 9.50. The van der Waals surface area contributed by atoms with Crippen molar-refractivity contribution in [3.8, 4) is 0 Å². The Balaban J connectivity index is 1.53. The Labute approximate surface area is 159 Å². The zero-order valence-electron chi connectivity index (χ0n) is 16.4. The molecule has 8 nitrogen and oxygen atoms in total. The maximum atomic E-state index is 4.62. The normalized spacial score (nSPS) is 15.7. The molecular weight excluding hydrogens is 340 g/mol. The van der Waals surface area contributed by atoms with Crippen molar-refractivity contribution in [2.24, 2.45) is 0 Å². The van der Waals surface area contributed by atoms with E-state index in [2.05, 4.69) is 61.8 Å². The van der Waals surface area contributed by atoms with E-state index in [1.54, 1.807) is 12.7 Å². The largest absolute Gasteiger partial charge is 0.356 e. The lowest BCUT2D eigenvalue weighted by molar-refractivity contribution is 0.475. The molecule has 0 saturated carbocycles. The fourth-order valence-electron chi connectivity index (χ4n) is 3.64. The summed E-state index contributed by atoms with van der Waals surface area (Å²) in [5.41, 5.74) is 2.05. The first-order valence-corrected chi connectivity index (χ1v) is 9.50. The molecular formula is C19H26N8. The van der Waals surface area contributed by atoms with Crippen LogP contribution < -0.4 is 9.80 Å². The van der Waals surface area contributed by atoms with Gasteiger partial charge in [-0.1, -0.05) is 13.8 Å². The predicted molar refractivity (Wildman–Crippen MR) is 105 cm³/mol. The molecule has 3 aromatic rings. The van der Waals surface area contributed by atoms with Gasteiger partial charge in [0.25, 0.3) is 5.78 Å². The van der Waals surface area contributed by atoms with E-state index in [9.17, 15) is 0 Å². The molecule has 1 aliphatic rings. The monoisotopic (exact) mass is 366 g/mol. The van der Waals surface area contributed by atoms with Crippen LogP contribution in [0, 0.1) is 6.92 Å². The zero-order chi connectivity index (χ0) is 19.0. The van der Waals surface area contributed by atoms with Crippen LogP contribution >= 0.6 is 0 Å². The van der Waals surface area contributed by atoms with Crippen LogP contribution in [0.2, 0.25) is 0 Å². The Hall–Kier alpha value is -2.77. The van der Waals surface area contributed by atoms with E-state index < -0.39 is 0 Å². The second kappa shape index (κ2) is 7.09. The predicted octanol–water partition coefficient (Wildman–Crippen LogP) is 2.45. The maximum absolute atomic E-state index is 4.62. The van der Waals surface area contributed by atoms with Crippen LogP contribution in [-0.4, -0.2) is 55.7 Å². The van der Waals surface area contributed by atoms with Crippen LogP contribution in [0.15, 0.2) is 24.8 Å². The molecule has 142 valence electrons. The van der Waals surface area contributed by atoms with Crippen LogP contribution in [0.3, 0.4) is 0 Å². The molecule has 0 radical (unpaired) electrons. The highest BCUT2D eigenvalue weighted by molar-refractivity contribution is 5.49. The van der Waals surface area contributed by atoms with Gasteiger partial charge >= 0.3 is 0 Å². The number of aryl methyl sites for hydroxylation is 1. The lowest BCUT2D eigenvalue weighted by Crippen LogP contribution is -2.44. The molecule has 27 heavy (non-hydrogen) atoms. The highest BCUT2D eigenvalue weighted by atomic mass is 15.4. The van der Waals surface area contributed by atoms with Gasteiger partial charge in [0.05, 0.1) is 5.69 Å². The van der Waals surface area contributed by atoms with Crippen molar-refractivity contribution in [2.75, 3.05) is 29.9 Å². The van der Waals surface area contributed by atoms with Crippen LogP contribution in [0.25, 0.3) is 5.78 Å². The Morgan fingerprint density at radius 2 is 1.85 bits per heavy atom. The van der Waals surface area contributed by atoms with Crippen LogP contribution in [0.1, 0.15) is 44.0 Å². The second-order valence-electron chi connectivity index (χ2n) is 7.51. The Morgan fingerprint density at radius 1 is 1.07 bits per heavy atom. The number of fused-ring (bicyclic) bond motifs is 1. The quantitative estimate of drug-likeness (QED) is 0.702. The van der Waals surface area contributed by atoms with E-state index in [1.807, 2.05) is 17.5 Å². The van der Waals surface area contributed by atoms with Gasteiger partial charge in [-0.25, -0.2) is 15.0 Å². The molecule has 0 aromatic carbocycles. The zero-order valence-corrected chi connectivity index (χ0v) is 16.4. The van der Waals surface area contributed by atoms with Crippen LogP contribution in [0.5, 0.6) is 0 Å². The molecule has 0 bridgehead atoms. The van der Waals surface area contributed by atoms with Crippen molar-refractivity contribution < 1.29 is 0 Å². The van der Waals surface area contributed by atoms with Gasteiger partial charge in [0.1, 0.15) is 24.3 Å². The smallest absolute Gasteiger partial charge is 0.254 e. The van der Waals surface area contributed by atoms with Gasteiger partial charge < -0.3 is 9.80 Å². The second-order valence-corrected chi connectivity index (χ2v) is 7.51. The number of hydrogen-bond acceptors (Lipinski definition) is 7. The van der Waals surface area contributed by atoms with E-state index in [4.69, 9.17) is 0 Å². The van der Waals surface area contributed by atoms with Gasteiger partial charge in [-0.3, -0.25) is 0 Å². The van der Waals surface area contributed by atoms with Gasteiger partial charge in [0.15, 0.2) is 0 Å². The summed E-state index contributed by atoms with van der Waals surface area (Å²) in [5.74, 6) is 3.10. The molecule has 0 spiro atoms. The minimum absolute atomic E-state index is 0.357. The van der Waals surface area contributed by atoms with Crippen molar-refractivity contribution in [1.29, 1.82) is 0 Å². The summed E-state index contributed by atoms with van der Waals surface area (Å²) in [7, 11) is 2.13. The maximum Gasteiger partial charge on any atom is 0.254 e. The molecule has 0 aliphatic carbocycles. The molecule has 1 saturated heterocycles. The first kappa shape index (κ1) is 17.6. The summed E-state index contributed by atoms with van der Waals surface area (Å²) in [6.07, 6.45) is 5.35. The Morgan fingerprint density at radius 3 is 2.56 bits per heavy atom. The van der Waals surface area contributed by atoms with E-state index in [1.165, 1.54) is 0 Å². The minimum atomic E-state index is 0.357. The molecule has 1 aliphatic heterocycles. The van der Waals surface area contributed by atoms with E-state index in [0.717, 1.165) is 49.0 Å². The average Bonchev–Trinajstić information content (AvgIpc) is 3.15. The highest BCUT2D eigenvalue weighted by Crippen LogP contribution is 2.26. The van der Waals surface area contributed by atoms with Gasteiger partial charge in [-0.2, -0.15) is 14.6 Å². The topological polar surface area (TPSA) is 75.3 Å². The average molecular weight is 366 g/mol. The molecule has 0 N–H and O–H groups in total. The summed E-state index contributed by atoms with van der Waals surface area (Å²) in [5, 5.41) is 4.38. The summed E-state index contributed by atoms with van der Waals surface area (Å²) < 4.78 is 1.85. The Kier molecular flexibility index (Phi) is 4.63. The molecule has 3 aromatic heterocycles. The van der Waals surface area contributed by atoms with Crippen LogP contribution in [-0.2, 0) is 0 Å². The van der Waals surface area contributed by atoms with E-state index in [-0.39, 0.29) is 0 Å². The van der Waals surface area contributed by atoms with Gasteiger partial charge in [-0.05, 0) is 25.7 Å².